The fourth-order valence-electron chi connectivity index (χ4n) is 3.82. The minimum atomic E-state index is -0.630. The molecule has 1 heterocycles. The molecule has 130 valence electrons. The van der Waals surface area contributed by atoms with Gasteiger partial charge in [-0.1, -0.05) is 6.92 Å². The number of nitrogens with one attached hydrogen (secondary N) is 1. The molecule has 0 unspecified atom stereocenters. The Morgan fingerprint density at radius 3 is 2.70 bits per heavy atom. The highest BCUT2D eigenvalue weighted by Crippen LogP contribution is 2.28. The van der Waals surface area contributed by atoms with Gasteiger partial charge in [-0.25, -0.2) is 0 Å². The summed E-state index contributed by atoms with van der Waals surface area (Å²) in [6.45, 7) is 7.56. The summed E-state index contributed by atoms with van der Waals surface area (Å²) in [5, 5.41) is 21.9. The number of β-amino-alcohol motifs (C(OH)–C–C–N with tert-alkyl or cyclic N) is 1. The van der Waals surface area contributed by atoms with Crippen LogP contribution in [0.15, 0.2) is 0 Å². The zero-order valence-electron chi connectivity index (χ0n) is 14.4. The summed E-state index contributed by atoms with van der Waals surface area (Å²) in [4.78, 5) is 16.8. The zero-order valence-corrected chi connectivity index (χ0v) is 14.4. The van der Waals surface area contributed by atoms with Gasteiger partial charge in [0.05, 0.1) is 18.7 Å². The van der Waals surface area contributed by atoms with Crippen LogP contribution in [0.4, 0.5) is 0 Å². The van der Waals surface area contributed by atoms with Gasteiger partial charge in [-0.3, -0.25) is 14.6 Å². The van der Waals surface area contributed by atoms with Crippen molar-refractivity contribution < 1.29 is 9.90 Å². The summed E-state index contributed by atoms with van der Waals surface area (Å²) in [5.74, 6) is -0.0349. The maximum absolute atomic E-state index is 12.3. The summed E-state index contributed by atoms with van der Waals surface area (Å²) in [6, 6.07) is 2.69. The number of hydrogen-bond acceptors (Lipinski definition) is 5. The number of hydrogen-bond donors (Lipinski definition) is 2. The molecule has 1 aliphatic heterocycles. The topological polar surface area (TPSA) is 79.6 Å². The van der Waals surface area contributed by atoms with Gasteiger partial charge in [0.25, 0.3) is 0 Å². The Morgan fingerprint density at radius 2 is 2.13 bits per heavy atom. The number of amides is 1. The molecule has 1 saturated heterocycles. The molecule has 0 spiro atoms. The second-order valence-electron chi connectivity index (χ2n) is 7.09. The van der Waals surface area contributed by atoms with Gasteiger partial charge in [0.15, 0.2) is 0 Å². The fraction of sp³-hybridized carbons (Fsp3) is 0.882. The van der Waals surface area contributed by atoms with Crippen LogP contribution in [-0.4, -0.2) is 71.2 Å². The van der Waals surface area contributed by atoms with Gasteiger partial charge in [0, 0.05) is 32.2 Å². The highest BCUT2D eigenvalue weighted by molar-refractivity contribution is 5.79. The predicted molar refractivity (Wildman–Crippen MR) is 88.7 cm³/mol. The van der Waals surface area contributed by atoms with E-state index in [1.54, 1.807) is 0 Å². The van der Waals surface area contributed by atoms with Crippen molar-refractivity contribution in [1.82, 2.24) is 15.1 Å². The van der Waals surface area contributed by atoms with Gasteiger partial charge in [-0.05, 0) is 39.0 Å². The monoisotopic (exact) mass is 322 g/mol. The summed E-state index contributed by atoms with van der Waals surface area (Å²) in [7, 11) is 0. The van der Waals surface area contributed by atoms with E-state index < -0.39 is 5.54 Å². The van der Waals surface area contributed by atoms with E-state index in [-0.39, 0.29) is 12.0 Å². The number of nitrogens with zero attached hydrogens (tertiary/aromatic N) is 3. The lowest BCUT2D eigenvalue weighted by Gasteiger charge is -2.41. The van der Waals surface area contributed by atoms with E-state index in [1.165, 1.54) is 0 Å². The SMILES string of the molecule is CC[C@H]1CN(CC(=O)NC2(C#N)CCCC2)CCN1C[C@@H](C)O. The standard InChI is InChI=1S/C17H30N4O2/c1-3-15-11-20(8-9-21(15)10-14(2)22)12-16(23)19-17(13-18)6-4-5-7-17/h14-15,22H,3-12H2,1-2H3,(H,19,23)/t14-,15+/m1/s1. The lowest BCUT2D eigenvalue weighted by atomic mass is 10.00. The Labute approximate surface area is 139 Å². The molecule has 2 rings (SSSR count). The normalized spacial score (nSPS) is 26.6. The summed E-state index contributed by atoms with van der Waals surface area (Å²) >= 11 is 0. The minimum Gasteiger partial charge on any atom is -0.392 e. The fourth-order valence-corrected chi connectivity index (χ4v) is 3.82. The van der Waals surface area contributed by atoms with Crippen molar-refractivity contribution in [1.29, 1.82) is 5.26 Å². The van der Waals surface area contributed by atoms with E-state index in [0.717, 1.165) is 51.7 Å². The summed E-state index contributed by atoms with van der Waals surface area (Å²) in [5.41, 5.74) is -0.630. The van der Waals surface area contributed by atoms with Crippen LogP contribution in [0.5, 0.6) is 0 Å². The average molecular weight is 322 g/mol. The van der Waals surface area contributed by atoms with E-state index in [9.17, 15) is 15.2 Å². The van der Waals surface area contributed by atoms with E-state index in [1.807, 2.05) is 6.92 Å². The van der Waals surface area contributed by atoms with Crippen molar-refractivity contribution in [3.8, 4) is 6.07 Å². The van der Waals surface area contributed by atoms with Crippen LogP contribution in [0.1, 0.15) is 46.0 Å². The number of nitriles is 1. The Bertz CT molecular complexity index is 440. The number of carbonyl (C=O) groups is 1. The molecule has 2 N–H and O–H groups in total. The van der Waals surface area contributed by atoms with Crippen LogP contribution >= 0.6 is 0 Å². The molecule has 2 aliphatic rings. The Hall–Kier alpha value is -1.16. The Kier molecular flexibility index (Phi) is 6.40. The third-order valence-corrected chi connectivity index (χ3v) is 5.08. The van der Waals surface area contributed by atoms with Crippen molar-refractivity contribution in [3.63, 3.8) is 0 Å². The lowest BCUT2D eigenvalue weighted by Crippen LogP contribution is -2.57. The molecule has 1 saturated carbocycles. The van der Waals surface area contributed by atoms with Crippen molar-refractivity contribution in [2.45, 2.75) is 63.6 Å². The molecular formula is C17H30N4O2. The van der Waals surface area contributed by atoms with Crippen LogP contribution in [0.25, 0.3) is 0 Å². The largest absolute Gasteiger partial charge is 0.392 e. The first kappa shape index (κ1) is 18.2. The third kappa shape index (κ3) is 4.90. The molecule has 0 aromatic carbocycles. The van der Waals surface area contributed by atoms with Gasteiger partial charge in [0.1, 0.15) is 5.54 Å². The van der Waals surface area contributed by atoms with Crippen molar-refractivity contribution in [2.75, 3.05) is 32.7 Å². The summed E-state index contributed by atoms with van der Waals surface area (Å²) < 4.78 is 0. The van der Waals surface area contributed by atoms with Crippen LogP contribution in [-0.2, 0) is 4.79 Å². The minimum absolute atomic E-state index is 0.0349. The first-order chi connectivity index (χ1) is 11.0. The molecule has 6 nitrogen and oxygen atoms in total. The van der Waals surface area contributed by atoms with Crippen LogP contribution in [0.3, 0.4) is 0 Å². The highest BCUT2D eigenvalue weighted by atomic mass is 16.3. The second kappa shape index (κ2) is 8.09. The van der Waals surface area contributed by atoms with Gasteiger partial charge >= 0.3 is 0 Å². The molecule has 0 aromatic heterocycles. The first-order valence-corrected chi connectivity index (χ1v) is 8.85. The second-order valence-corrected chi connectivity index (χ2v) is 7.09. The lowest BCUT2D eigenvalue weighted by molar-refractivity contribution is -0.124. The molecular weight excluding hydrogens is 292 g/mol. The molecule has 1 amide bonds. The van der Waals surface area contributed by atoms with Crippen LogP contribution in [0.2, 0.25) is 0 Å². The molecule has 0 bridgehead atoms. The molecule has 23 heavy (non-hydrogen) atoms. The zero-order chi connectivity index (χ0) is 16.9. The van der Waals surface area contributed by atoms with Crippen LogP contribution < -0.4 is 5.32 Å². The highest BCUT2D eigenvalue weighted by Gasteiger charge is 2.36. The Balaban J connectivity index is 1.84. The average Bonchev–Trinajstić information content (AvgIpc) is 2.97. The summed E-state index contributed by atoms with van der Waals surface area (Å²) in [6.07, 6.45) is 4.27. The van der Waals surface area contributed by atoms with Crippen molar-refractivity contribution >= 4 is 5.91 Å². The van der Waals surface area contributed by atoms with Gasteiger partial charge in [0.2, 0.25) is 5.91 Å². The van der Waals surface area contributed by atoms with E-state index in [2.05, 4.69) is 28.1 Å². The molecule has 0 radical (unpaired) electrons. The van der Waals surface area contributed by atoms with E-state index in [0.29, 0.717) is 19.1 Å². The van der Waals surface area contributed by atoms with Crippen LogP contribution in [0, 0.1) is 11.3 Å². The van der Waals surface area contributed by atoms with Crippen molar-refractivity contribution in [3.05, 3.63) is 0 Å². The number of piperazine rings is 1. The van der Waals surface area contributed by atoms with Gasteiger partial charge in [-0.2, -0.15) is 5.26 Å². The van der Waals surface area contributed by atoms with Crippen molar-refractivity contribution in [2.24, 2.45) is 0 Å². The maximum atomic E-state index is 12.3. The molecule has 6 heteroatoms. The molecule has 2 fully saturated rings. The van der Waals surface area contributed by atoms with E-state index >= 15 is 0 Å². The predicted octanol–water partition coefficient (Wildman–Crippen LogP) is 0.716. The number of carbonyl (C=O) groups excluding carboxylic acids is 1. The van der Waals surface area contributed by atoms with Gasteiger partial charge in [-0.15, -0.1) is 0 Å². The maximum Gasteiger partial charge on any atom is 0.235 e. The van der Waals surface area contributed by atoms with E-state index in [4.69, 9.17) is 0 Å². The molecule has 2 atom stereocenters. The number of aliphatic hydroxyl groups excluding tert-OH is 1. The first-order valence-electron chi connectivity index (χ1n) is 8.85. The third-order valence-electron chi connectivity index (χ3n) is 5.08. The smallest absolute Gasteiger partial charge is 0.235 e. The Morgan fingerprint density at radius 1 is 1.43 bits per heavy atom. The quantitative estimate of drug-likeness (QED) is 0.753. The van der Waals surface area contributed by atoms with Gasteiger partial charge < -0.3 is 10.4 Å². The number of rotatable bonds is 6. The number of aliphatic hydroxyl groups is 1. The molecule has 1 aliphatic carbocycles. The molecule has 0 aromatic rings.